The third-order valence-corrected chi connectivity index (χ3v) is 6.54. The largest absolute Gasteiger partial charge is 0.462 e. The Morgan fingerprint density at radius 2 is 1.63 bits per heavy atom. The van der Waals surface area contributed by atoms with Crippen molar-refractivity contribution in [3.8, 4) is 5.75 Å². The van der Waals surface area contributed by atoms with Crippen LogP contribution < -0.4 is 15.7 Å². The Hall–Kier alpha value is -2.66. The van der Waals surface area contributed by atoms with Gasteiger partial charge in [-0.3, -0.25) is 4.79 Å². The van der Waals surface area contributed by atoms with Gasteiger partial charge in [-0.15, -0.1) is 0 Å². The molecule has 1 aromatic carbocycles. The van der Waals surface area contributed by atoms with Crippen molar-refractivity contribution in [2.45, 2.75) is 75.2 Å². The van der Waals surface area contributed by atoms with E-state index in [0.29, 0.717) is 10.9 Å². The first-order valence-corrected chi connectivity index (χ1v) is 11.9. The summed E-state index contributed by atoms with van der Waals surface area (Å²) >= 11 is 0. The Bertz CT molecular complexity index is 1190. The fraction of sp³-hybridized carbons (Fsp3) is 0.583. The lowest BCUT2D eigenvalue weighted by Crippen LogP contribution is -2.68. The molecule has 38 heavy (non-hydrogen) atoms. The Morgan fingerprint density at radius 3 is 2.29 bits per heavy atom. The topological polar surface area (TPSA) is 218 Å². The van der Waals surface area contributed by atoms with Gasteiger partial charge in [0.25, 0.3) is 0 Å². The standard InChI is InChI=1S/C24H31NO13/c1-9-5-16(29)35-13-6-11(3-4-12(9)13)34-23-17(25-10(2)28)19(31)22(15(8-27)37-23)38-24-21(33)20(32)18(30)14(7-26)36-24/h3-6,14-15,17-24,26-27,30-33H,7-8H2,1-2H3,(H,25,28)/t14-,15?,17?,18-,19-,20?,21?,22+,23-,24-/m1/s1. The lowest BCUT2D eigenvalue weighted by molar-refractivity contribution is -0.343. The quantitative estimate of drug-likeness (QED) is 0.177. The summed E-state index contributed by atoms with van der Waals surface area (Å²) in [6.45, 7) is 1.54. The summed E-state index contributed by atoms with van der Waals surface area (Å²) in [5.41, 5.74) is 0.375. The molecule has 0 bridgehead atoms. The summed E-state index contributed by atoms with van der Waals surface area (Å²) in [6, 6.07) is 4.75. The highest BCUT2D eigenvalue weighted by Gasteiger charge is 2.51. The lowest BCUT2D eigenvalue weighted by atomic mass is 9.95. The Labute approximate surface area is 215 Å². The van der Waals surface area contributed by atoms with E-state index in [1.54, 1.807) is 19.1 Å². The normalized spacial score (nSPS) is 35.7. The van der Waals surface area contributed by atoms with Crippen LogP contribution >= 0.6 is 0 Å². The van der Waals surface area contributed by atoms with E-state index in [4.69, 9.17) is 23.4 Å². The van der Waals surface area contributed by atoms with Gasteiger partial charge >= 0.3 is 5.63 Å². The Balaban J connectivity index is 1.58. The van der Waals surface area contributed by atoms with Crippen LogP contribution in [0.15, 0.2) is 33.5 Å². The van der Waals surface area contributed by atoms with Crippen LogP contribution in [0.5, 0.6) is 5.75 Å². The second-order valence-electron chi connectivity index (χ2n) is 9.26. The molecule has 2 fully saturated rings. The summed E-state index contributed by atoms with van der Waals surface area (Å²) < 4.78 is 27.9. The highest BCUT2D eigenvalue weighted by molar-refractivity contribution is 5.81. The van der Waals surface area contributed by atoms with E-state index < -0.39 is 86.1 Å². The molecule has 14 nitrogen and oxygen atoms in total. The maximum atomic E-state index is 11.9. The van der Waals surface area contributed by atoms with Crippen LogP contribution in [0.3, 0.4) is 0 Å². The SMILES string of the molecule is CC(=O)NC1[C@H](Oc2ccc3c(C)cc(=O)oc3c2)OC(CO)[C@H](O[C@H]2O[C@H](CO)[C@@H](O)C(O)C2O)[C@@H]1O. The van der Waals surface area contributed by atoms with Crippen molar-refractivity contribution in [3.05, 3.63) is 40.2 Å². The predicted molar refractivity (Wildman–Crippen MR) is 126 cm³/mol. The first-order chi connectivity index (χ1) is 18.0. The van der Waals surface area contributed by atoms with Gasteiger partial charge in [0.05, 0.1) is 13.2 Å². The molecule has 2 saturated heterocycles. The molecule has 1 aromatic heterocycles. The smallest absolute Gasteiger partial charge is 0.336 e. The van der Waals surface area contributed by atoms with Crippen molar-refractivity contribution < 1.29 is 58.8 Å². The van der Waals surface area contributed by atoms with Gasteiger partial charge in [0, 0.05) is 24.4 Å². The molecule has 7 N–H and O–H groups in total. The van der Waals surface area contributed by atoms with Crippen LogP contribution in [0, 0.1) is 6.92 Å². The van der Waals surface area contributed by atoms with E-state index in [1.807, 2.05) is 0 Å². The minimum atomic E-state index is -1.77. The van der Waals surface area contributed by atoms with Crippen molar-refractivity contribution in [2.75, 3.05) is 13.2 Å². The number of benzene rings is 1. The van der Waals surface area contributed by atoms with Crippen molar-refractivity contribution in [1.82, 2.24) is 5.32 Å². The van der Waals surface area contributed by atoms with Crippen LogP contribution in [0.1, 0.15) is 12.5 Å². The molecule has 14 heteroatoms. The predicted octanol–water partition coefficient (Wildman–Crippen LogP) is -2.75. The van der Waals surface area contributed by atoms with Gasteiger partial charge in [-0.25, -0.2) is 4.79 Å². The van der Waals surface area contributed by atoms with Gasteiger partial charge in [-0.2, -0.15) is 0 Å². The fourth-order valence-corrected chi connectivity index (χ4v) is 4.57. The molecular weight excluding hydrogens is 510 g/mol. The molecular formula is C24H31NO13. The molecule has 2 aromatic rings. The van der Waals surface area contributed by atoms with Crippen molar-refractivity contribution in [1.29, 1.82) is 0 Å². The molecule has 2 aliphatic heterocycles. The molecule has 3 heterocycles. The van der Waals surface area contributed by atoms with E-state index in [2.05, 4.69) is 5.32 Å². The molecule has 0 spiro atoms. The molecule has 1 amide bonds. The zero-order valence-electron chi connectivity index (χ0n) is 20.5. The van der Waals surface area contributed by atoms with Gasteiger partial charge < -0.3 is 59.3 Å². The molecule has 4 unspecified atom stereocenters. The van der Waals surface area contributed by atoms with E-state index in [-0.39, 0.29) is 11.3 Å². The number of rotatable bonds is 7. The van der Waals surface area contributed by atoms with Gasteiger partial charge in [0.1, 0.15) is 60.1 Å². The molecule has 0 aliphatic carbocycles. The molecule has 2 aliphatic rings. The van der Waals surface area contributed by atoms with Gasteiger partial charge in [-0.1, -0.05) is 0 Å². The molecule has 4 rings (SSSR count). The molecule has 0 radical (unpaired) electrons. The number of aliphatic hydroxyl groups is 6. The maximum Gasteiger partial charge on any atom is 0.336 e. The number of aliphatic hydroxyl groups excluding tert-OH is 6. The number of hydrogen-bond acceptors (Lipinski definition) is 13. The van der Waals surface area contributed by atoms with Crippen molar-refractivity contribution in [3.63, 3.8) is 0 Å². The minimum absolute atomic E-state index is 0.170. The highest BCUT2D eigenvalue weighted by atomic mass is 16.7. The number of carbonyl (C=O) groups is 1. The number of hydrogen-bond donors (Lipinski definition) is 7. The van der Waals surface area contributed by atoms with Crippen molar-refractivity contribution in [2.24, 2.45) is 0 Å². The summed E-state index contributed by atoms with van der Waals surface area (Å²) in [7, 11) is 0. The minimum Gasteiger partial charge on any atom is -0.462 e. The zero-order valence-corrected chi connectivity index (χ0v) is 20.5. The van der Waals surface area contributed by atoms with Crippen LogP contribution in [-0.4, -0.2) is 111 Å². The highest BCUT2D eigenvalue weighted by Crippen LogP contribution is 2.31. The first-order valence-electron chi connectivity index (χ1n) is 11.9. The number of carbonyl (C=O) groups excluding carboxylic acids is 1. The molecule has 0 saturated carbocycles. The second-order valence-corrected chi connectivity index (χ2v) is 9.26. The van der Waals surface area contributed by atoms with Gasteiger partial charge in [-0.05, 0) is 24.6 Å². The molecule has 210 valence electrons. The fourth-order valence-electron chi connectivity index (χ4n) is 4.57. The summed E-state index contributed by atoms with van der Waals surface area (Å²) in [6.07, 6.45) is -13.7. The summed E-state index contributed by atoms with van der Waals surface area (Å²) in [4.78, 5) is 23.7. The molecule has 10 atom stereocenters. The van der Waals surface area contributed by atoms with E-state index in [9.17, 15) is 40.2 Å². The van der Waals surface area contributed by atoms with Crippen LogP contribution in [0.4, 0.5) is 0 Å². The first kappa shape index (κ1) is 28.4. The van der Waals surface area contributed by atoms with Crippen LogP contribution in [0.2, 0.25) is 0 Å². The number of aryl methyl sites for hydroxylation is 1. The maximum absolute atomic E-state index is 11.9. The van der Waals surface area contributed by atoms with Gasteiger partial charge in [0.2, 0.25) is 12.2 Å². The van der Waals surface area contributed by atoms with E-state index in [0.717, 1.165) is 0 Å². The van der Waals surface area contributed by atoms with E-state index in [1.165, 1.54) is 19.1 Å². The number of amides is 1. The average molecular weight is 542 g/mol. The average Bonchev–Trinajstić information content (AvgIpc) is 2.87. The second kappa shape index (κ2) is 11.6. The van der Waals surface area contributed by atoms with Gasteiger partial charge in [0.15, 0.2) is 6.29 Å². The summed E-state index contributed by atoms with van der Waals surface area (Å²) in [5.74, 6) is -0.385. The Morgan fingerprint density at radius 1 is 0.947 bits per heavy atom. The summed E-state index contributed by atoms with van der Waals surface area (Å²) in [5, 5.41) is 64.1. The lowest BCUT2D eigenvalue weighted by Gasteiger charge is -2.47. The monoisotopic (exact) mass is 541 g/mol. The number of nitrogens with one attached hydrogen (secondary N) is 1. The van der Waals surface area contributed by atoms with E-state index >= 15 is 0 Å². The number of fused-ring (bicyclic) bond motifs is 1. The Kier molecular flexibility index (Phi) is 8.66. The van der Waals surface area contributed by atoms with Crippen LogP contribution in [0.25, 0.3) is 11.0 Å². The van der Waals surface area contributed by atoms with Crippen molar-refractivity contribution >= 4 is 16.9 Å². The zero-order chi connectivity index (χ0) is 27.7. The number of ether oxygens (including phenoxy) is 4. The van der Waals surface area contributed by atoms with Crippen LogP contribution in [-0.2, 0) is 19.0 Å². The third-order valence-electron chi connectivity index (χ3n) is 6.54. The third kappa shape index (κ3) is 5.68.